The SMILES string of the molecule is O=C(NCc1cc(Cl)cc(Cl)c1)c1ccccc1CN1C(=O)C2(COc3cc4c(cc32)OCO4)c2ccccc21. The Morgan fingerprint density at radius 2 is 1.57 bits per heavy atom. The monoisotopic (exact) mass is 572 g/mol. The van der Waals surface area contributed by atoms with Crippen LogP contribution in [0.15, 0.2) is 78.9 Å². The van der Waals surface area contributed by atoms with Crippen molar-refractivity contribution in [2.45, 2.75) is 18.5 Å². The molecular formula is C31H22Cl2N2O5. The number of anilines is 1. The highest BCUT2D eigenvalue weighted by atomic mass is 35.5. The fraction of sp³-hybridized carbons (Fsp3) is 0.161. The van der Waals surface area contributed by atoms with Crippen LogP contribution in [-0.4, -0.2) is 25.2 Å². The van der Waals surface area contributed by atoms with Gasteiger partial charge < -0.3 is 24.4 Å². The first-order valence-electron chi connectivity index (χ1n) is 12.7. The lowest BCUT2D eigenvalue weighted by atomic mass is 9.77. The number of nitrogens with one attached hydrogen (secondary N) is 1. The highest BCUT2D eigenvalue weighted by molar-refractivity contribution is 6.34. The predicted molar refractivity (Wildman–Crippen MR) is 151 cm³/mol. The predicted octanol–water partition coefficient (Wildman–Crippen LogP) is 5.88. The van der Waals surface area contributed by atoms with Crippen LogP contribution in [0.3, 0.4) is 0 Å². The molecule has 7 nitrogen and oxygen atoms in total. The van der Waals surface area contributed by atoms with Crippen molar-refractivity contribution >= 4 is 40.7 Å². The molecule has 0 radical (unpaired) electrons. The molecule has 4 aromatic carbocycles. The number of para-hydroxylation sites is 1. The van der Waals surface area contributed by atoms with E-state index in [0.29, 0.717) is 38.4 Å². The number of ether oxygens (including phenoxy) is 3. The third kappa shape index (κ3) is 3.88. The topological polar surface area (TPSA) is 77.1 Å². The van der Waals surface area contributed by atoms with Gasteiger partial charge in [0.1, 0.15) is 17.8 Å². The van der Waals surface area contributed by atoms with Crippen LogP contribution < -0.4 is 24.4 Å². The van der Waals surface area contributed by atoms with Crippen LogP contribution in [0.4, 0.5) is 5.69 Å². The van der Waals surface area contributed by atoms with Gasteiger partial charge in [-0.3, -0.25) is 9.59 Å². The van der Waals surface area contributed by atoms with Gasteiger partial charge >= 0.3 is 0 Å². The summed E-state index contributed by atoms with van der Waals surface area (Å²) in [5.74, 6) is 1.43. The Morgan fingerprint density at radius 3 is 2.40 bits per heavy atom. The molecule has 3 aliphatic rings. The molecule has 1 atom stereocenters. The van der Waals surface area contributed by atoms with Crippen LogP contribution in [0.2, 0.25) is 10.0 Å². The molecule has 3 aliphatic heterocycles. The van der Waals surface area contributed by atoms with Gasteiger partial charge in [-0.2, -0.15) is 0 Å². The number of hydrogen-bond donors (Lipinski definition) is 1. The first-order chi connectivity index (χ1) is 19.4. The van der Waals surface area contributed by atoms with E-state index < -0.39 is 5.41 Å². The van der Waals surface area contributed by atoms with E-state index >= 15 is 0 Å². The Kier molecular flexibility index (Phi) is 5.87. The van der Waals surface area contributed by atoms with Crippen molar-refractivity contribution in [3.8, 4) is 17.2 Å². The summed E-state index contributed by atoms with van der Waals surface area (Å²) in [6.45, 7) is 0.767. The van der Waals surface area contributed by atoms with Gasteiger partial charge in [-0.15, -0.1) is 0 Å². The highest BCUT2D eigenvalue weighted by Gasteiger charge is 2.57. The zero-order valence-corrected chi connectivity index (χ0v) is 22.6. The number of nitrogens with zero attached hydrogens (tertiary/aromatic N) is 1. The molecule has 9 heteroatoms. The Labute approximate surface area is 240 Å². The normalized spacial score (nSPS) is 18.1. The van der Waals surface area contributed by atoms with Crippen LogP contribution in [0.25, 0.3) is 0 Å². The van der Waals surface area contributed by atoms with E-state index in [1.807, 2.05) is 42.5 Å². The van der Waals surface area contributed by atoms with Crippen LogP contribution in [0.1, 0.15) is 32.6 Å². The maximum Gasteiger partial charge on any atom is 0.251 e. The van der Waals surface area contributed by atoms with Gasteiger partial charge in [-0.1, -0.05) is 59.6 Å². The smallest absolute Gasteiger partial charge is 0.251 e. The maximum atomic E-state index is 14.4. The van der Waals surface area contributed by atoms with E-state index in [1.165, 1.54) is 0 Å². The summed E-state index contributed by atoms with van der Waals surface area (Å²) in [5, 5.41) is 3.94. The van der Waals surface area contributed by atoms with Crippen molar-refractivity contribution in [1.29, 1.82) is 0 Å². The number of benzene rings is 4. The van der Waals surface area contributed by atoms with Crippen LogP contribution in [-0.2, 0) is 23.3 Å². The summed E-state index contributed by atoms with van der Waals surface area (Å²) in [6, 6.07) is 23.8. The first kappa shape index (κ1) is 24.8. The quantitative estimate of drug-likeness (QED) is 0.323. The van der Waals surface area contributed by atoms with Crippen LogP contribution >= 0.6 is 23.2 Å². The standard InChI is InChI=1S/C31H22Cl2N2O5/c32-20-9-18(10-21(33)11-20)14-34-29(36)22-6-2-1-5-19(22)15-35-25-8-4-3-7-23(25)31(30(35)37)16-38-26-13-28-27(12-24(26)31)39-17-40-28/h1-13H,14-17H2,(H,34,36). The lowest BCUT2D eigenvalue weighted by Gasteiger charge is -2.24. The maximum absolute atomic E-state index is 14.4. The number of rotatable bonds is 5. The Morgan fingerprint density at radius 1 is 0.850 bits per heavy atom. The number of amides is 2. The van der Waals surface area contributed by atoms with Gasteiger partial charge in [0.05, 0.1) is 6.54 Å². The fourth-order valence-corrected chi connectivity index (χ4v) is 6.33. The molecule has 0 bridgehead atoms. The summed E-state index contributed by atoms with van der Waals surface area (Å²) in [6.07, 6.45) is 0. The lowest BCUT2D eigenvalue weighted by molar-refractivity contribution is -0.122. The molecule has 0 aliphatic carbocycles. The van der Waals surface area contributed by atoms with Gasteiger partial charge in [0.15, 0.2) is 11.5 Å². The Bertz CT molecular complexity index is 1690. The number of halogens is 2. The second-order valence-electron chi connectivity index (χ2n) is 9.92. The molecular weight excluding hydrogens is 551 g/mol. The van der Waals surface area contributed by atoms with Crippen molar-refractivity contribution in [2.24, 2.45) is 0 Å². The first-order valence-corrected chi connectivity index (χ1v) is 13.5. The van der Waals surface area contributed by atoms with E-state index in [9.17, 15) is 9.59 Å². The molecule has 1 N–H and O–H groups in total. The molecule has 3 heterocycles. The molecule has 7 rings (SSSR count). The average Bonchev–Trinajstić information content (AvgIpc) is 3.63. The molecule has 200 valence electrons. The molecule has 4 aromatic rings. The zero-order chi connectivity index (χ0) is 27.4. The average molecular weight is 573 g/mol. The zero-order valence-electron chi connectivity index (χ0n) is 21.1. The van der Waals surface area contributed by atoms with E-state index in [1.54, 1.807) is 41.3 Å². The van der Waals surface area contributed by atoms with E-state index in [2.05, 4.69) is 5.32 Å². The Balaban J connectivity index is 1.21. The number of carbonyl (C=O) groups excluding carboxylic acids is 2. The number of carbonyl (C=O) groups is 2. The van der Waals surface area contributed by atoms with Crippen molar-refractivity contribution in [1.82, 2.24) is 5.32 Å². The van der Waals surface area contributed by atoms with Gasteiger partial charge in [-0.05, 0) is 53.1 Å². The summed E-state index contributed by atoms with van der Waals surface area (Å²) in [4.78, 5) is 29.4. The van der Waals surface area contributed by atoms with Crippen LogP contribution in [0.5, 0.6) is 17.2 Å². The van der Waals surface area contributed by atoms with Gasteiger partial charge in [0.2, 0.25) is 12.7 Å². The molecule has 0 fully saturated rings. The summed E-state index contributed by atoms with van der Waals surface area (Å²) in [5.41, 5.74) is 3.36. The van der Waals surface area contributed by atoms with Crippen molar-refractivity contribution in [3.05, 3.63) is 117 Å². The third-order valence-corrected chi connectivity index (χ3v) is 8.05. The minimum atomic E-state index is -1.02. The summed E-state index contributed by atoms with van der Waals surface area (Å²) in [7, 11) is 0. The second kappa shape index (κ2) is 9.47. The summed E-state index contributed by atoms with van der Waals surface area (Å²) >= 11 is 12.2. The van der Waals surface area contributed by atoms with E-state index in [4.69, 9.17) is 37.4 Å². The minimum Gasteiger partial charge on any atom is -0.491 e. The van der Waals surface area contributed by atoms with Gasteiger partial charge in [-0.25, -0.2) is 0 Å². The number of fused-ring (bicyclic) bond motifs is 5. The van der Waals surface area contributed by atoms with Crippen molar-refractivity contribution in [3.63, 3.8) is 0 Å². The highest BCUT2D eigenvalue weighted by Crippen LogP contribution is 2.55. The van der Waals surface area contributed by atoms with Crippen LogP contribution in [0, 0.1) is 0 Å². The molecule has 1 unspecified atom stereocenters. The molecule has 0 aromatic heterocycles. The summed E-state index contributed by atoms with van der Waals surface area (Å²) < 4.78 is 17.2. The second-order valence-corrected chi connectivity index (χ2v) is 10.8. The molecule has 2 amide bonds. The number of hydrogen-bond acceptors (Lipinski definition) is 5. The minimum absolute atomic E-state index is 0.116. The van der Waals surface area contributed by atoms with Crippen molar-refractivity contribution < 1.29 is 23.8 Å². The largest absolute Gasteiger partial charge is 0.491 e. The third-order valence-electron chi connectivity index (χ3n) is 7.61. The molecule has 40 heavy (non-hydrogen) atoms. The lowest BCUT2D eigenvalue weighted by Crippen LogP contribution is -2.42. The van der Waals surface area contributed by atoms with Gasteiger partial charge in [0, 0.05) is 39.5 Å². The van der Waals surface area contributed by atoms with E-state index in [-0.39, 0.29) is 38.3 Å². The van der Waals surface area contributed by atoms with Crippen molar-refractivity contribution in [2.75, 3.05) is 18.3 Å². The molecule has 0 saturated heterocycles. The molecule has 1 spiro atoms. The van der Waals surface area contributed by atoms with E-state index in [0.717, 1.165) is 22.4 Å². The molecule has 0 saturated carbocycles. The van der Waals surface area contributed by atoms with Gasteiger partial charge in [0.25, 0.3) is 5.91 Å². The Hall–Kier alpha value is -4.20. The fourth-order valence-electron chi connectivity index (χ4n) is 5.76.